The summed E-state index contributed by atoms with van der Waals surface area (Å²) in [6, 6.07) is 0. The molecule has 0 aromatic rings. The van der Waals surface area contributed by atoms with E-state index in [2.05, 4.69) is 13.8 Å². The third-order valence-corrected chi connectivity index (χ3v) is 0.911. The maximum Gasteiger partial charge on any atom is -0.0260 e. The minimum atomic E-state index is 0.546. The Morgan fingerprint density at radius 3 is 1.67 bits per heavy atom. The molecule has 0 aromatic heterocycles. The van der Waals surface area contributed by atoms with Crippen molar-refractivity contribution >= 4 is 0 Å². The lowest BCUT2D eigenvalue weighted by Crippen LogP contribution is -1.83. The van der Waals surface area contributed by atoms with E-state index < -0.39 is 0 Å². The van der Waals surface area contributed by atoms with Crippen molar-refractivity contribution in [3.63, 3.8) is 0 Å². The fourth-order valence-corrected chi connectivity index (χ4v) is 0. The first-order valence-corrected chi connectivity index (χ1v) is 2.23. The van der Waals surface area contributed by atoms with Crippen molar-refractivity contribution in [1.29, 1.82) is 0 Å². The molecular formula is C6H11. The lowest BCUT2D eigenvalue weighted by Gasteiger charge is -1.97. The zero-order valence-electron chi connectivity index (χ0n) is 4.65. The molecule has 1 radical (unpaired) electrons. The Labute approximate surface area is 39.9 Å². The lowest BCUT2D eigenvalue weighted by molar-refractivity contribution is 0.771. The summed E-state index contributed by atoms with van der Waals surface area (Å²) in [5, 5.41) is 0. The summed E-state index contributed by atoms with van der Waals surface area (Å²) < 4.78 is 0. The van der Waals surface area contributed by atoms with Crippen molar-refractivity contribution in [1.82, 2.24) is 0 Å². The van der Waals surface area contributed by atoms with Gasteiger partial charge >= 0.3 is 0 Å². The smallest absolute Gasteiger partial charge is 0.0260 e. The Hall–Kier alpha value is -0.260. The summed E-state index contributed by atoms with van der Waals surface area (Å²) in [5.74, 6) is 0.546. The number of rotatable bonds is 1. The quantitative estimate of drug-likeness (QED) is 0.455. The fraction of sp³-hybridized carbons (Fsp3) is 0.667. The molecule has 0 spiro atoms. The molecule has 0 bridgehead atoms. The molecule has 0 heteroatoms. The first-order valence-electron chi connectivity index (χ1n) is 2.23. The second kappa shape index (κ2) is 2.01. The van der Waals surface area contributed by atoms with Crippen molar-refractivity contribution in [3.05, 3.63) is 12.2 Å². The Morgan fingerprint density at radius 2 is 1.67 bits per heavy atom. The van der Waals surface area contributed by atoms with Gasteiger partial charge in [-0.2, -0.15) is 0 Å². The third-order valence-electron chi connectivity index (χ3n) is 0.911. The molecule has 0 N–H and O–H groups in total. The molecule has 6 heavy (non-hydrogen) atoms. The summed E-state index contributed by atoms with van der Waals surface area (Å²) in [5.41, 5.74) is 1.01. The van der Waals surface area contributed by atoms with E-state index >= 15 is 0 Å². The molecule has 0 saturated heterocycles. The second-order valence-corrected chi connectivity index (χ2v) is 1.90. The van der Waals surface area contributed by atoms with Gasteiger partial charge in [0, 0.05) is 0 Å². The highest BCUT2D eigenvalue weighted by Crippen LogP contribution is 2.01. The van der Waals surface area contributed by atoms with Crippen LogP contribution in [0.5, 0.6) is 0 Å². The van der Waals surface area contributed by atoms with Crippen molar-refractivity contribution < 1.29 is 0 Å². The monoisotopic (exact) mass is 83.1 g/mol. The summed E-state index contributed by atoms with van der Waals surface area (Å²) in [4.78, 5) is 0. The number of hydrogen-bond acceptors (Lipinski definition) is 0. The highest BCUT2D eigenvalue weighted by Gasteiger charge is 1.87. The Morgan fingerprint density at radius 1 is 1.50 bits per heavy atom. The van der Waals surface area contributed by atoms with Gasteiger partial charge in [-0.05, 0) is 12.8 Å². The Balaban J connectivity index is 3.26. The van der Waals surface area contributed by atoms with Gasteiger partial charge in [-0.15, -0.1) is 0 Å². The molecule has 0 nitrogen and oxygen atoms in total. The first kappa shape index (κ1) is 5.74. The molecule has 0 aliphatic carbocycles. The molecular weight excluding hydrogens is 72.1 g/mol. The van der Waals surface area contributed by atoms with Gasteiger partial charge in [0.15, 0.2) is 0 Å². The van der Waals surface area contributed by atoms with Gasteiger partial charge in [0.1, 0.15) is 0 Å². The van der Waals surface area contributed by atoms with Gasteiger partial charge < -0.3 is 0 Å². The molecule has 0 unspecified atom stereocenters. The second-order valence-electron chi connectivity index (χ2n) is 1.90. The predicted molar refractivity (Wildman–Crippen MR) is 28.3 cm³/mol. The van der Waals surface area contributed by atoms with Crippen LogP contribution in [0.3, 0.4) is 0 Å². The summed E-state index contributed by atoms with van der Waals surface area (Å²) in [6.45, 7) is 11.4. The van der Waals surface area contributed by atoms with E-state index in [0.717, 1.165) is 5.57 Å². The van der Waals surface area contributed by atoms with Crippen LogP contribution in [0.1, 0.15) is 20.8 Å². The van der Waals surface area contributed by atoms with Gasteiger partial charge in [0.2, 0.25) is 0 Å². The zero-order valence-corrected chi connectivity index (χ0v) is 4.65. The molecule has 0 amide bonds. The minimum Gasteiger partial charge on any atom is -0.0708 e. The van der Waals surface area contributed by atoms with Gasteiger partial charge in [-0.25, -0.2) is 0 Å². The standard InChI is InChI=1S/C6H11/c1-5(2)6(3)4/h1,6H,2-4H3. The van der Waals surface area contributed by atoms with E-state index in [4.69, 9.17) is 6.58 Å². The topological polar surface area (TPSA) is 0 Å². The van der Waals surface area contributed by atoms with Crippen LogP contribution in [0.15, 0.2) is 5.57 Å². The van der Waals surface area contributed by atoms with Crippen LogP contribution in [0, 0.1) is 12.5 Å². The molecule has 0 aromatic carbocycles. The van der Waals surface area contributed by atoms with Crippen LogP contribution in [0.25, 0.3) is 0 Å². The van der Waals surface area contributed by atoms with Crippen LogP contribution in [-0.4, -0.2) is 0 Å². The van der Waals surface area contributed by atoms with E-state index in [1.807, 2.05) is 6.92 Å². The Kier molecular flexibility index (Phi) is 1.93. The van der Waals surface area contributed by atoms with Gasteiger partial charge in [-0.3, -0.25) is 0 Å². The zero-order chi connectivity index (χ0) is 5.15. The van der Waals surface area contributed by atoms with Crippen molar-refractivity contribution in [2.45, 2.75) is 20.8 Å². The molecule has 0 atom stereocenters. The van der Waals surface area contributed by atoms with Crippen molar-refractivity contribution in [2.24, 2.45) is 5.92 Å². The van der Waals surface area contributed by atoms with Gasteiger partial charge in [0.05, 0.1) is 0 Å². The Bertz CT molecular complexity index is 51.1. The number of allylic oxidation sites excluding steroid dienone is 1. The molecule has 0 aliphatic rings. The van der Waals surface area contributed by atoms with E-state index in [0.29, 0.717) is 5.92 Å². The van der Waals surface area contributed by atoms with E-state index in [9.17, 15) is 0 Å². The first-order chi connectivity index (χ1) is 2.64. The van der Waals surface area contributed by atoms with Crippen LogP contribution < -0.4 is 0 Å². The molecule has 0 aliphatic heterocycles. The number of hydrogen-bond donors (Lipinski definition) is 0. The molecule has 0 fully saturated rings. The third kappa shape index (κ3) is 2.01. The van der Waals surface area contributed by atoms with Crippen LogP contribution in [-0.2, 0) is 0 Å². The summed E-state index contributed by atoms with van der Waals surface area (Å²) >= 11 is 0. The summed E-state index contributed by atoms with van der Waals surface area (Å²) in [7, 11) is 0. The van der Waals surface area contributed by atoms with Crippen molar-refractivity contribution in [2.75, 3.05) is 0 Å². The SMILES string of the molecule is [CH]=C(C)C(C)C. The molecule has 0 heterocycles. The summed E-state index contributed by atoms with van der Waals surface area (Å²) in [6.07, 6.45) is 0. The molecule has 35 valence electrons. The van der Waals surface area contributed by atoms with E-state index in [1.54, 1.807) is 0 Å². The highest BCUT2D eigenvalue weighted by molar-refractivity contribution is 4.87. The minimum absolute atomic E-state index is 0.546. The lowest BCUT2D eigenvalue weighted by atomic mass is 10.1. The van der Waals surface area contributed by atoms with E-state index in [1.165, 1.54) is 0 Å². The average molecular weight is 83.2 g/mol. The fourth-order valence-electron chi connectivity index (χ4n) is 0. The normalized spacial score (nSPS) is 9.33. The van der Waals surface area contributed by atoms with Crippen LogP contribution in [0.4, 0.5) is 0 Å². The highest BCUT2D eigenvalue weighted by atomic mass is 13.9. The van der Waals surface area contributed by atoms with Crippen LogP contribution >= 0.6 is 0 Å². The molecule has 0 saturated carbocycles. The predicted octanol–water partition coefficient (Wildman–Crippen LogP) is 2.02. The van der Waals surface area contributed by atoms with Crippen LogP contribution in [0.2, 0.25) is 0 Å². The van der Waals surface area contributed by atoms with E-state index in [-0.39, 0.29) is 0 Å². The average Bonchev–Trinajstić information content (AvgIpc) is 1.36. The van der Waals surface area contributed by atoms with Gasteiger partial charge in [0.25, 0.3) is 0 Å². The maximum absolute atomic E-state index is 5.35. The largest absolute Gasteiger partial charge is 0.0708 e. The molecule has 0 rings (SSSR count). The maximum atomic E-state index is 5.35. The van der Waals surface area contributed by atoms with Crippen molar-refractivity contribution in [3.8, 4) is 0 Å². The van der Waals surface area contributed by atoms with Gasteiger partial charge in [-0.1, -0.05) is 26.0 Å².